The number of quaternary nitrogens is 1. The highest BCUT2D eigenvalue weighted by Gasteiger charge is 2.32. The van der Waals surface area contributed by atoms with Crippen molar-refractivity contribution in [1.82, 2.24) is 0 Å². The van der Waals surface area contributed by atoms with Crippen LogP contribution in [0.25, 0.3) is 0 Å². The van der Waals surface area contributed by atoms with Gasteiger partial charge >= 0.3 is 0 Å². The molecule has 0 bridgehead atoms. The van der Waals surface area contributed by atoms with Crippen LogP contribution in [0.4, 0.5) is 0 Å². The normalized spacial score (nSPS) is 19.3. The molecule has 1 aliphatic rings. The van der Waals surface area contributed by atoms with E-state index < -0.39 is 5.97 Å². The highest BCUT2D eigenvalue weighted by molar-refractivity contribution is 5.60. The number of aliphatic hydroxyl groups is 2. The van der Waals surface area contributed by atoms with Crippen LogP contribution in [0.3, 0.4) is 0 Å². The molecule has 0 saturated carbocycles. The van der Waals surface area contributed by atoms with E-state index in [9.17, 15) is 5.11 Å². The third kappa shape index (κ3) is 7.31. The summed E-state index contributed by atoms with van der Waals surface area (Å²) >= 11 is 0. The number of hydrogen-bond donors (Lipinski definition) is 2. The van der Waals surface area contributed by atoms with Crippen molar-refractivity contribution in [3.05, 3.63) is 0 Å². The Morgan fingerprint density at radius 1 is 1.41 bits per heavy atom. The molecule has 1 heterocycles. The number of nitrogens with zero attached hydrogens (tertiary/aromatic N) is 1. The molecule has 102 valence electrons. The summed E-state index contributed by atoms with van der Waals surface area (Å²) in [6.07, 6.45) is 3.13. The SMILES string of the molecule is CC(=O)[O-].CCC(O)C[N+]1(CCO)CCCC1. The predicted molar refractivity (Wildman–Crippen MR) is 63.0 cm³/mol. The van der Waals surface area contributed by atoms with Crippen LogP contribution < -0.4 is 5.11 Å². The van der Waals surface area contributed by atoms with Crippen molar-refractivity contribution in [1.29, 1.82) is 0 Å². The van der Waals surface area contributed by atoms with Crippen LogP contribution in [0.5, 0.6) is 0 Å². The lowest BCUT2D eigenvalue weighted by Gasteiger charge is -2.35. The summed E-state index contributed by atoms with van der Waals surface area (Å²) in [6, 6.07) is 0. The molecule has 5 nitrogen and oxygen atoms in total. The molecule has 0 aromatic heterocycles. The molecule has 0 amide bonds. The molecule has 0 aliphatic carbocycles. The molecule has 1 fully saturated rings. The van der Waals surface area contributed by atoms with Gasteiger partial charge in [0.15, 0.2) is 0 Å². The quantitative estimate of drug-likeness (QED) is 0.618. The number of aliphatic hydroxyl groups excluding tert-OH is 2. The van der Waals surface area contributed by atoms with Crippen LogP contribution in [-0.2, 0) is 4.79 Å². The Bertz CT molecular complexity index is 211. The Labute approximate surface area is 103 Å². The fourth-order valence-electron chi connectivity index (χ4n) is 2.29. The average Bonchev–Trinajstić information content (AvgIpc) is 2.66. The molecule has 1 aliphatic heterocycles. The van der Waals surface area contributed by atoms with E-state index in [4.69, 9.17) is 15.0 Å². The van der Waals surface area contributed by atoms with E-state index >= 15 is 0 Å². The Hall–Kier alpha value is -0.650. The molecule has 0 spiro atoms. The molecule has 5 heteroatoms. The lowest BCUT2D eigenvalue weighted by molar-refractivity contribution is -0.919. The second-order valence-corrected chi connectivity index (χ2v) is 4.68. The van der Waals surface area contributed by atoms with Crippen LogP contribution in [0.1, 0.15) is 33.1 Å². The second kappa shape index (κ2) is 8.44. The van der Waals surface area contributed by atoms with Gasteiger partial charge in [-0.1, -0.05) is 6.92 Å². The van der Waals surface area contributed by atoms with Crippen LogP contribution in [0, 0.1) is 0 Å². The molecule has 1 atom stereocenters. The molecule has 1 rings (SSSR count). The number of rotatable bonds is 5. The van der Waals surface area contributed by atoms with Gasteiger partial charge in [0.05, 0.1) is 19.7 Å². The van der Waals surface area contributed by atoms with Crippen LogP contribution in [0.2, 0.25) is 0 Å². The van der Waals surface area contributed by atoms with E-state index in [-0.39, 0.29) is 12.7 Å². The summed E-state index contributed by atoms with van der Waals surface area (Å²) in [7, 11) is 0. The van der Waals surface area contributed by atoms with Crippen LogP contribution >= 0.6 is 0 Å². The number of aliphatic carboxylic acids is 1. The maximum absolute atomic E-state index is 9.61. The van der Waals surface area contributed by atoms with Gasteiger partial charge in [-0.3, -0.25) is 0 Å². The highest BCUT2D eigenvalue weighted by Crippen LogP contribution is 2.20. The Morgan fingerprint density at radius 3 is 2.24 bits per heavy atom. The van der Waals surface area contributed by atoms with E-state index in [1.165, 1.54) is 12.8 Å². The first-order valence-corrected chi connectivity index (χ1v) is 6.27. The minimum atomic E-state index is -1.08. The lowest BCUT2D eigenvalue weighted by atomic mass is 10.2. The zero-order valence-corrected chi connectivity index (χ0v) is 10.9. The smallest absolute Gasteiger partial charge is 0.105 e. The van der Waals surface area contributed by atoms with Gasteiger partial charge in [0.1, 0.15) is 19.2 Å². The first-order chi connectivity index (χ1) is 7.95. The Kier molecular flexibility index (Phi) is 8.12. The Morgan fingerprint density at radius 2 is 1.88 bits per heavy atom. The fourth-order valence-corrected chi connectivity index (χ4v) is 2.29. The summed E-state index contributed by atoms with van der Waals surface area (Å²) in [5.74, 6) is -1.08. The maximum Gasteiger partial charge on any atom is 0.105 e. The number of carboxylic acid groups (broad SMARTS) is 1. The van der Waals surface area contributed by atoms with Crippen LogP contribution in [0.15, 0.2) is 0 Å². The zero-order valence-electron chi connectivity index (χ0n) is 10.9. The van der Waals surface area contributed by atoms with Gasteiger partial charge < -0.3 is 24.6 Å². The number of carboxylic acids is 1. The van der Waals surface area contributed by atoms with Crippen molar-refractivity contribution in [3.63, 3.8) is 0 Å². The fraction of sp³-hybridized carbons (Fsp3) is 0.917. The molecule has 2 N–H and O–H groups in total. The molecule has 0 aromatic carbocycles. The molecule has 1 saturated heterocycles. The minimum Gasteiger partial charge on any atom is -0.550 e. The van der Waals surface area contributed by atoms with Gasteiger partial charge in [0.2, 0.25) is 0 Å². The van der Waals surface area contributed by atoms with Crippen LogP contribution in [-0.4, -0.2) is 59.6 Å². The summed E-state index contributed by atoms with van der Waals surface area (Å²) in [5.41, 5.74) is 0. The van der Waals surface area contributed by atoms with Crippen molar-refractivity contribution in [2.75, 3.05) is 32.8 Å². The van der Waals surface area contributed by atoms with Gasteiger partial charge in [-0.2, -0.15) is 0 Å². The van der Waals surface area contributed by atoms with Gasteiger partial charge in [0, 0.05) is 18.8 Å². The summed E-state index contributed by atoms with van der Waals surface area (Å²) in [6.45, 7) is 7.15. The van der Waals surface area contributed by atoms with E-state index in [0.717, 1.165) is 44.0 Å². The number of carbonyl (C=O) groups excluding carboxylic acids is 1. The number of likely N-dealkylation sites (tertiary alicyclic amines) is 1. The van der Waals surface area contributed by atoms with Crippen molar-refractivity contribution >= 4 is 5.97 Å². The molecule has 17 heavy (non-hydrogen) atoms. The highest BCUT2D eigenvalue weighted by atomic mass is 16.4. The number of carbonyl (C=O) groups is 1. The second-order valence-electron chi connectivity index (χ2n) is 4.68. The molecule has 1 unspecified atom stereocenters. The molecular weight excluding hydrogens is 222 g/mol. The van der Waals surface area contributed by atoms with Crippen molar-refractivity contribution < 1.29 is 24.6 Å². The monoisotopic (exact) mass is 247 g/mol. The third-order valence-corrected chi connectivity index (χ3v) is 3.16. The zero-order chi connectivity index (χ0) is 13.3. The van der Waals surface area contributed by atoms with E-state index in [2.05, 4.69) is 0 Å². The standard InChI is InChI=1S/C10H22NO2.C2H4O2/c1-2-10(13)9-11(7-8-12)5-3-4-6-11;1-2(3)4/h10,12-13H,2-9H2,1H3;1H3,(H,3,4)/q+1;/p-1. The number of hydrogen-bond acceptors (Lipinski definition) is 4. The lowest BCUT2D eigenvalue weighted by Crippen LogP contribution is -2.51. The molecular formula is C12H25NO4. The summed E-state index contributed by atoms with van der Waals surface area (Å²) in [4.78, 5) is 8.89. The van der Waals surface area contributed by atoms with Gasteiger partial charge in [0.25, 0.3) is 0 Å². The molecule has 0 aromatic rings. The first kappa shape index (κ1) is 16.4. The van der Waals surface area contributed by atoms with E-state index in [1.54, 1.807) is 0 Å². The van der Waals surface area contributed by atoms with Crippen molar-refractivity contribution in [2.45, 2.75) is 39.2 Å². The molecule has 0 radical (unpaired) electrons. The van der Waals surface area contributed by atoms with Gasteiger partial charge in [-0.05, 0) is 13.3 Å². The summed E-state index contributed by atoms with van der Waals surface area (Å²) in [5, 5.41) is 27.5. The third-order valence-electron chi connectivity index (χ3n) is 3.16. The van der Waals surface area contributed by atoms with Crippen molar-refractivity contribution in [3.8, 4) is 0 Å². The minimum absolute atomic E-state index is 0.190. The largest absolute Gasteiger partial charge is 0.550 e. The average molecular weight is 247 g/mol. The Balaban J connectivity index is 0.000000557. The maximum atomic E-state index is 9.61. The van der Waals surface area contributed by atoms with Gasteiger partial charge in [-0.25, -0.2) is 0 Å². The topological polar surface area (TPSA) is 80.6 Å². The summed E-state index contributed by atoms with van der Waals surface area (Å²) < 4.78 is 0.936. The van der Waals surface area contributed by atoms with Crippen molar-refractivity contribution in [2.24, 2.45) is 0 Å². The first-order valence-electron chi connectivity index (χ1n) is 6.27. The predicted octanol–water partition coefficient (Wildman–Crippen LogP) is -0.884. The van der Waals surface area contributed by atoms with E-state index in [1.807, 2.05) is 6.92 Å². The van der Waals surface area contributed by atoms with E-state index in [0.29, 0.717) is 0 Å². The van der Waals surface area contributed by atoms with Gasteiger partial charge in [-0.15, -0.1) is 0 Å².